The zero-order chi connectivity index (χ0) is 20.8. The van der Waals surface area contributed by atoms with E-state index in [9.17, 15) is 4.79 Å². The topological polar surface area (TPSA) is 56.1 Å². The summed E-state index contributed by atoms with van der Waals surface area (Å²) in [5.74, 6) is 7.49. The van der Waals surface area contributed by atoms with E-state index >= 15 is 0 Å². The first-order chi connectivity index (χ1) is 14.0. The monoisotopic (exact) mass is 387 g/mol. The van der Waals surface area contributed by atoms with Crippen LogP contribution >= 0.6 is 0 Å². The van der Waals surface area contributed by atoms with Crippen LogP contribution in [0.4, 0.5) is 5.82 Å². The molecule has 1 amide bonds. The van der Waals surface area contributed by atoms with E-state index in [4.69, 9.17) is 4.74 Å². The second-order valence-electron chi connectivity index (χ2n) is 6.83. The van der Waals surface area contributed by atoms with Crippen LogP contribution in [0.25, 0.3) is 0 Å². The third-order valence-corrected chi connectivity index (χ3v) is 4.57. The summed E-state index contributed by atoms with van der Waals surface area (Å²) < 4.78 is 7.10. The van der Waals surface area contributed by atoms with Gasteiger partial charge in [-0.1, -0.05) is 24.0 Å². The molecule has 0 spiro atoms. The first-order valence-electron chi connectivity index (χ1n) is 9.62. The fraction of sp³-hybridized carbons (Fsp3) is 0.250. The standard InChI is InChI=1S/C24H25N3O2/c1-5-29-22-14-10-20(11-15-22)7-6-19-8-12-21(13-9-19)18(3)24(28)25-23-16-17(2)26-27(23)4/h8-16,18H,5H2,1-4H3,(H,25,28). The Labute approximate surface area is 171 Å². The van der Waals surface area contributed by atoms with Gasteiger partial charge in [-0.3, -0.25) is 9.48 Å². The number of hydrogen-bond donors (Lipinski definition) is 1. The van der Waals surface area contributed by atoms with E-state index in [1.807, 2.05) is 82.4 Å². The number of carbonyl (C=O) groups excluding carboxylic acids is 1. The van der Waals surface area contributed by atoms with Crippen molar-refractivity contribution in [2.45, 2.75) is 26.7 Å². The van der Waals surface area contributed by atoms with Crippen LogP contribution in [0.5, 0.6) is 5.75 Å². The lowest BCUT2D eigenvalue weighted by molar-refractivity contribution is -0.117. The summed E-state index contributed by atoms with van der Waals surface area (Å²) in [5, 5.41) is 7.17. The van der Waals surface area contributed by atoms with Crippen molar-refractivity contribution in [1.29, 1.82) is 0 Å². The van der Waals surface area contributed by atoms with Gasteiger partial charge in [0.1, 0.15) is 11.6 Å². The number of benzene rings is 2. The van der Waals surface area contributed by atoms with E-state index in [1.54, 1.807) is 4.68 Å². The molecule has 1 aromatic heterocycles. The Morgan fingerprint density at radius 2 is 1.69 bits per heavy atom. The molecule has 2 aromatic carbocycles. The Kier molecular flexibility index (Phi) is 6.36. The molecule has 1 N–H and O–H groups in total. The van der Waals surface area contributed by atoms with Gasteiger partial charge in [0.25, 0.3) is 0 Å². The number of amides is 1. The molecule has 1 unspecified atom stereocenters. The number of anilines is 1. The molecule has 0 bridgehead atoms. The van der Waals surface area contributed by atoms with Crippen molar-refractivity contribution in [3.05, 3.63) is 77.0 Å². The molecule has 0 aliphatic heterocycles. The van der Waals surface area contributed by atoms with Crippen LogP contribution < -0.4 is 10.1 Å². The molecule has 5 heteroatoms. The first kappa shape index (κ1) is 20.2. The fourth-order valence-corrected chi connectivity index (χ4v) is 2.91. The molecule has 0 aliphatic rings. The fourth-order valence-electron chi connectivity index (χ4n) is 2.91. The van der Waals surface area contributed by atoms with Crippen molar-refractivity contribution in [3.63, 3.8) is 0 Å². The van der Waals surface area contributed by atoms with Gasteiger partial charge >= 0.3 is 0 Å². The van der Waals surface area contributed by atoms with Gasteiger partial charge in [0, 0.05) is 24.2 Å². The van der Waals surface area contributed by atoms with E-state index in [2.05, 4.69) is 22.3 Å². The first-order valence-corrected chi connectivity index (χ1v) is 9.62. The minimum atomic E-state index is -0.279. The summed E-state index contributed by atoms with van der Waals surface area (Å²) in [5.41, 5.74) is 3.63. The largest absolute Gasteiger partial charge is 0.494 e. The summed E-state index contributed by atoms with van der Waals surface area (Å²) >= 11 is 0. The van der Waals surface area contributed by atoms with E-state index in [1.165, 1.54) is 0 Å². The van der Waals surface area contributed by atoms with Gasteiger partial charge in [0.15, 0.2) is 0 Å². The smallest absolute Gasteiger partial charge is 0.232 e. The molecular weight excluding hydrogens is 362 g/mol. The lowest BCUT2D eigenvalue weighted by Gasteiger charge is -2.12. The summed E-state index contributed by atoms with van der Waals surface area (Å²) in [6.45, 7) is 6.39. The summed E-state index contributed by atoms with van der Waals surface area (Å²) in [7, 11) is 1.81. The lowest BCUT2D eigenvalue weighted by atomic mass is 9.99. The third kappa shape index (κ3) is 5.26. The quantitative estimate of drug-likeness (QED) is 0.665. The molecule has 0 radical (unpaired) electrons. The number of ether oxygens (including phenoxy) is 1. The van der Waals surface area contributed by atoms with Crippen molar-refractivity contribution < 1.29 is 9.53 Å². The second kappa shape index (κ2) is 9.11. The molecule has 3 rings (SSSR count). The Bertz CT molecular complexity index is 1040. The maximum absolute atomic E-state index is 12.6. The van der Waals surface area contributed by atoms with Crippen molar-refractivity contribution in [2.24, 2.45) is 7.05 Å². The third-order valence-electron chi connectivity index (χ3n) is 4.57. The Balaban J connectivity index is 1.65. The minimum absolute atomic E-state index is 0.0683. The van der Waals surface area contributed by atoms with Crippen LogP contribution in [0.15, 0.2) is 54.6 Å². The van der Waals surface area contributed by atoms with Crippen LogP contribution in [0.1, 0.15) is 42.1 Å². The van der Waals surface area contributed by atoms with Crippen molar-refractivity contribution in [3.8, 4) is 17.6 Å². The molecule has 0 saturated heterocycles. The Morgan fingerprint density at radius 3 is 2.21 bits per heavy atom. The molecule has 5 nitrogen and oxygen atoms in total. The highest BCUT2D eigenvalue weighted by molar-refractivity contribution is 5.95. The average molecular weight is 387 g/mol. The van der Waals surface area contributed by atoms with Gasteiger partial charge in [0.2, 0.25) is 5.91 Å². The van der Waals surface area contributed by atoms with Crippen molar-refractivity contribution in [2.75, 3.05) is 11.9 Å². The van der Waals surface area contributed by atoms with E-state index in [-0.39, 0.29) is 11.8 Å². The summed E-state index contributed by atoms with van der Waals surface area (Å²) in [6, 6.07) is 17.3. The van der Waals surface area contributed by atoms with Gasteiger partial charge in [-0.25, -0.2) is 0 Å². The lowest BCUT2D eigenvalue weighted by Crippen LogP contribution is -2.20. The average Bonchev–Trinajstić information content (AvgIpc) is 3.04. The highest BCUT2D eigenvalue weighted by Crippen LogP contribution is 2.19. The SMILES string of the molecule is CCOc1ccc(C#Cc2ccc(C(C)C(=O)Nc3cc(C)nn3C)cc2)cc1. The zero-order valence-electron chi connectivity index (χ0n) is 17.2. The van der Waals surface area contributed by atoms with E-state index in [0.29, 0.717) is 12.4 Å². The number of carbonyl (C=O) groups is 1. The molecule has 1 heterocycles. The normalized spacial score (nSPS) is 11.3. The Hall–Kier alpha value is -3.52. The number of aryl methyl sites for hydroxylation is 2. The van der Waals surface area contributed by atoms with Crippen LogP contribution in [-0.4, -0.2) is 22.3 Å². The number of rotatable bonds is 5. The van der Waals surface area contributed by atoms with Gasteiger partial charge < -0.3 is 10.1 Å². The number of nitrogens with one attached hydrogen (secondary N) is 1. The second-order valence-corrected chi connectivity index (χ2v) is 6.83. The highest BCUT2D eigenvalue weighted by Gasteiger charge is 2.16. The van der Waals surface area contributed by atoms with Gasteiger partial charge in [0.05, 0.1) is 18.2 Å². The molecule has 0 aliphatic carbocycles. The number of nitrogens with zero attached hydrogens (tertiary/aromatic N) is 2. The predicted octanol–water partition coefficient (Wildman–Crippen LogP) is 4.27. The summed E-state index contributed by atoms with van der Waals surface area (Å²) in [4.78, 5) is 12.6. The van der Waals surface area contributed by atoms with Crippen molar-refractivity contribution in [1.82, 2.24) is 9.78 Å². The van der Waals surface area contributed by atoms with Crippen LogP contribution in [-0.2, 0) is 11.8 Å². The molecule has 148 valence electrons. The zero-order valence-corrected chi connectivity index (χ0v) is 17.2. The number of aromatic nitrogens is 2. The predicted molar refractivity (Wildman–Crippen MR) is 115 cm³/mol. The highest BCUT2D eigenvalue weighted by atomic mass is 16.5. The Morgan fingerprint density at radius 1 is 1.10 bits per heavy atom. The van der Waals surface area contributed by atoms with E-state index in [0.717, 1.165) is 28.1 Å². The summed E-state index contributed by atoms with van der Waals surface area (Å²) in [6.07, 6.45) is 0. The van der Waals surface area contributed by atoms with Gasteiger partial charge in [-0.05, 0) is 62.7 Å². The number of hydrogen-bond acceptors (Lipinski definition) is 3. The van der Waals surface area contributed by atoms with Crippen LogP contribution in [0.2, 0.25) is 0 Å². The minimum Gasteiger partial charge on any atom is -0.494 e. The molecule has 29 heavy (non-hydrogen) atoms. The van der Waals surface area contributed by atoms with Crippen molar-refractivity contribution >= 4 is 11.7 Å². The maximum Gasteiger partial charge on any atom is 0.232 e. The van der Waals surface area contributed by atoms with Gasteiger partial charge in [-0.15, -0.1) is 0 Å². The molecule has 0 saturated carbocycles. The molecule has 0 fully saturated rings. The molecular formula is C24H25N3O2. The molecule has 3 aromatic rings. The van der Waals surface area contributed by atoms with E-state index < -0.39 is 0 Å². The van der Waals surface area contributed by atoms with Gasteiger partial charge in [-0.2, -0.15) is 5.10 Å². The van der Waals surface area contributed by atoms with Crippen LogP contribution in [0.3, 0.4) is 0 Å². The maximum atomic E-state index is 12.6. The molecule has 1 atom stereocenters. The van der Waals surface area contributed by atoms with Crippen LogP contribution in [0, 0.1) is 18.8 Å².